The summed E-state index contributed by atoms with van der Waals surface area (Å²) in [6.45, 7) is 4.71. The minimum absolute atomic E-state index is 0.312. The summed E-state index contributed by atoms with van der Waals surface area (Å²) in [5.41, 5.74) is 1.82. The summed E-state index contributed by atoms with van der Waals surface area (Å²) >= 11 is 2.21. The van der Waals surface area contributed by atoms with Crippen molar-refractivity contribution >= 4 is 28.5 Å². The van der Waals surface area contributed by atoms with E-state index in [9.17, 15) is 0 Å². The highest BCUT2D eigenvalue weighted by Crippen LogP contribution is 2.24. The Balaban J connectivity index is 2.24. The van der Waals surface area contributed by atoms with Gasteiger partial charge >= 0.3 is 0 Å². The summed E-state index contributed by atoms with van der Waals surface area (Å²) < 4.78 is 2.83. The summed E-state index contributed by atoms with van der Waals surface area (Å²) in [6.07, 6.45) is 4.13. The lowest BCUT2D eigenvalue weighted by atomic mass is 10.2. The van der Waals surface area contributed by atoms with Crippen molar-refractivity contribution in [1.82, 2.24) is 19.7 Å². The van der Waals surface area contributed by atoms with Crippen LogP contribution in [0, 0.1) is 15.0 Å². The van der Waals surface area contributed by atoms with Crippen LogP contribution in [0.2, 0.25) is 0 Å². The second kappa shape index (κ2) is 6.65. The molecule has 104 valence electrons. The Morgan fingerprint density at radius 1 is 1.50 bits per heavy atom. The predicted octanol–water partition coefficient (Wildman–Crippen LogP) is 2.85. The highest BCUT2D eigenvalue weighted by molar-refractivity contribution is 14.1. The molecule has 0 amide bonds. The molecule has 0 aliphatic heterocycles. The van der Waals surface area contributed by atoms with E-state index < -0.39 is 0 Å². The lowest BCUT2D eigenvalue weighted by Gasteiger charge is -2.04. The maximum absolute atomic E-state index is 8.53. The lowest BCUT2D eigenvalue weighted by molar-refractivity contribution is 0.529. The number of nitrogens with zero attached hydrogens (tertiary/aromatic N) is 5. The molecule has 7 heteroatoms. The van der Waals surface area contributed by atoms with Gasteiger partial charge in [-0.25, -0.2) is 9.97 Å². The van der Waals surface area contributed by atoms with E-state index in [1.807, 2.05) is 16.9 Å². The molecule has 2 heterocycles. The molecule has 0 saturated heterocycles. The summed E-state index contributed by atoms with van der Waals surface area (Å²) in [7, 11) is 0. The van der Waals surface area contributed by atoms with Crippen LogP contribution < -0.4 is 5.32 Å². The Morgan fingerprint density at radius 2 is 2.30 bits per heavy atom. The highest BCUT2D eigenvalue weighted by Gasteiger charge is 2.12. The van der Waals surface area contributed by atoms with Gasteiger partial charge in [-0.3, -0.25) is 4.68 Å². The zero-order valence-corrected chi connectivity index (χ0v) is 13.5. The Hall–Kier alpha value is -1.69. The number of anilines is 1. The molecule has 0 bridgehead atoms. The minimum Gasteiger partial charge on any atom is -0.353 e. The molecule has 2 aromatic rings. The molecule has 0 unspecified atom stereocenters. The molecule has 20 heavy (non-hydrogen) atoms. The van der Waals surface area contributed by atoms with Crippen molar-refractivity contribution in [3.8, 4) is 17.3 Å². The number of aromatic nitrogens is 4. The van der Waals surface area contributed by atoms with Gasteiger partial charge in [0.25, 0.3) is 0 Å². The van der Waals surface area contributed by atoms with Crippen molar-refractivity contribution in [2.45, 2.75) is 26.3 Å². The van der Waals surface area contributed by atoms with Gasteiger partial charge in [-0.2, -0.15) is 10.4 Å². The zero-order chi connectivity index (χ0) is 14.5. The Bertz CT molecular complexity index is 628. The third-order valence-electron chi connectivity index (χ3n) is 2.67. The van der Waals surface area contributed by atoms with Crippen LogP contribution in [-0.4, -0.2) is 26.3 Å². The van der Waals surface area contributed by atoms with Gasteiger partial charge in [-0.15, -0.1) is 0 Å². The summed E-state index contributed by atoms with van der Waals surface area (Å²) in [6, 6.07) is 4.25. The standard InChI is InChI=1S/C13H15IN6/c1-9(2)20-8-10(12(14)19-20)11-4-7-17-13(18-11)16-6-3-5-15/h4,7-9H,3,6H2,1-2H3,(H,16,17,18). The molecule has 0 fully saturated rings. The van der Waals surface area contributed by atoms with E-state index in [2.05, 4.69) is 62.9 Å². The molecule has 0 aliphatic carbocycles. The fourth-order valence-corrected chi connectivity index (χ4v) is 2.29. The van der Waals surface area contributed by atoms with E-state index in [4.69, 9.17) is 5.26 Å². The third kappa shape index (κ3) is 3.45. The summed E-state index contributed by atoms with van der Waals surface area (Å²) in [5.74, 6) is 0.533. The molecule has 0 spiro atoms. The van der Waals surface area contributed by atoms with Crippen LogP contribution in [0.5, 0.6) is 0 Å². The van der Waals surface area contributed by atoms with E-state index in [1.165, 1.54) is 0 Å². The number of rotatable bonds is 5. The van der Waals surface area contributed by atoms with Gasteiger partial charge < -0.3 is 5.32 Å². The van der Waals surface area contributed by atoms with Gasteiger partial charge in [0, 0.05) is 25.0 Å². The zero-order valence-electron chi connectivity index (χ0n) is 11.3. The molecule has 6 nitrogen and oxygen atoms in total. The molecule has 2 rings (SSSR count). The van der Waals surface area contributed by atoms with Gasteiger partial charge in [0.1, 0.15) is 3.70 Å². The van der Waals surface area contributed by atoms with Crippen LogP contribution in [0.1, 0.15) is 26.3 Å². The van der Waals surface area contributed by atoms with Gasteiger partial charge in [0.2, 0.25) is 5.95 Å². The summed E-state index contributed by atoms with van der Waals surface area (Å²) in [4.78, 5) is 8.61. The summed E-state index contributed by atoms with van der Waals surface area (Å²) in [5, 5.41) is 16.0. The van der Waals surface area contributed by atoms with Gasteiger partial charge in [0.15, 0.2) is 0 Å². The lowest BCUT2D eigenvalue weighted by Crippen LogP contribution is -2.04. The first-order valence-corrected chi connectivity index (χ1v) is 7.38. The first-order chi connectivity index (χ1) is 9.61. The van der Waals surface area contributed by atoms with Crippen molar-refractivity contribution in [1.29, 1.82) is 5.26 Å². The van der Waals surface area contributed by atoms with E-state index >= 15 is 0 Å². The van der Waals surface area contributed by atoms with Crippen LogP contribution >= 0.6 is 22.6 Å². The first kappa shape index (κ1) is 14.7. The van der Waals surface area contributed by atoms with Gasteiger partial charge in [0.05, 0.1) is 23.7 Å². The van der Waals surface area contributed by atoms with E-state index in [-0.39, 0.29) is 0 Å². The number of nitriles is 1. The largest absolute Gasteiger partial charge is 0.353 e. The first-order valence-electron chi connectivity index (χ1n) is 6.30. The maximum atomic E-state index is 8.53. The number of nitrogens with one attached hydrogen (secondary N) is 1. The quantitative estimate of drug-likeness (QED) is 0.636. The molecular formula is C13H15IN6. The van der Waals surface area contributed by atoms with E-state index in [1.54, 1.807) is 6.20 Å². The molecule has 0 atom stereocenters. The van der Waals surface area contributed by atoms with Gasteiger partial charge in [-0.1, -0.05) is 0 Å². The minimum atomic E-state index is 0.312. The van der Waals surface area contributed by atoms with Gasteiger partial charge in [-0.05, 0) is 42.5 Å². The average molecular weight is 382 g/mol. The highest BCUT2D eigenvalue weighted by atomic mass is 127. The number of hydrogen-bond donors (Lipinski definition) is 1. The van der Waals surface area contributed by atoms with E-state index in [0.717, 1.165) is 15.0 Å². The van der Waals surface area contributed by atoms with Crippen LogP contribution in [0.25, 0.3) is 11.3 Å². The molecule has 1 N–H and O–H groups in total. The van der Waals surface area contributed by atoms with E-state index in [0.29, 0.717) is 25.0 Å². The monoisotopic (exact) mass is 382 g/mol. The van der Waals surface area contributed by atoms with Crippen molar-refractivity contribution in [3.63, 3.8) is 0 Å². The maximum Gasteiger partial charge on any atom is 0.223 e. The predicted molar refractivity (Wildman–Crippen MR) is 85.1 cm³/mol. The Kier molecular flexibility index (Phi) is 4.89. The molecular weight excluding hydrogens is 367 g/mol. The molecule has 0 aliphatic rings. The van der Waals surface area contributed by atoms with Crippen LogP contribution in [0.4, 0.5) is 5.95 Å². The SMILES string of the molecule is CC(C)n1cc(-c2ccnc(NCCC#N)n2)c(I)n1. The normalized spacial score (nSPS) is 10.6. The van der Waals surface area contributed by atoms with Crippen molar-refractivity contribution < 1.29 is 0 Å². The third-order valence-corrected chi connectivity index (χ3v) is 3.46. The van der Waals surface area contributed by atoms with Crippen molar-refractivity contribution in [3.05, 3.63) is 22.2 Å². The second-order valence-corrected chi connectivity index (χ2v) is 5.53. The van der Waals surface area contributed by atoms with Crippen molar-refractivity contribution in [2.75, 3.05) is 11.9 Å². The topological polar surface area (TPSA) is 79.4 Å². The number of halogens is 1. The Morgan fingerprint density at radius 3 is 2.95 bits per heavy atom. The number of hydrogen-bond acceptors (Lipinski definition) is 5. The fraction of sp³-hybridized carbons (Fsp3) is 0.385. The second-order valence-electron chi connectivity index (χ2n) is 4.51. The molecule has 2 aromatic heterocycles. The fourth-order valence-electron chi connectivity index (χ4n) is 1.63. The molecule has 0 radical (unpaired) electrons. The van der Waals surface area contributed by atoms with Crippen LogP contribution in [0.15, 0.2) is 18.5 Å². The Labute approximate surface area is 131 Å². The van der Waals surface area contributed by atoms with Crippen LogP contribution in [-0.2, 0) is 0 Å². The smallest absolute Gasteiger partial charge is 0.223 e. The van der Waals surface area contributed by atoms with Crippen LogP contribution in [0.3, 0.4) is 0 Å². The molecule has 0 aromatic carbocycles. The average Bonchev–Trinajstić information content (AvgIpc) is 2.82. The molecule has 0 saturated carbocycles. The van der Waals surface area contributed by atoms with Crippen molar-refractivity contribution in [2.24, 2.45) is 0 Å².